The summed E-state index contributed by atoms with van der Waals surface area (Å²) in [7, 11) is 0. The molecule has 0 atom stereocenters. The molecule has 0 spiro atoms. The van der Waals surface area contributed by atoms with Gasteiger partial charge in [0.1, 0.15) is 0 Å². The quantitative estimate of drug-likeness (QED) is 0.456. The van der Waals surface area contributed by atoms with Crippen molar-refractivity contribution in [3.05, 3.63) is 88.4 Å². The van der Waals surface area contributed by atoms with Crippen LogP contribution in [0.4, 0.5) is 0 Å². The summed E-state index contributed by atoms with van der Waals surface area (Å²) in [4.78, 5) is 17.3. The van der Waals surface area contributed by atoms with Crippen LogP contribution < -0.4 is 5.32 Å². The van der Waals surface area contributed by atoms with Crippen LogP contribution in [0.5, 0.6) is 0 Å². The van der Waals surface area contributed by atoms with Crippen LogP contribution in [-0.4, -0.2) is 27.0 Å². The summed E-state index contributed by atoms with van der Waals surface area (Å²) in [5, 5.41) is 7.81. The summed E-state index contributed by atoms with van der Waals surface area (Å²) in [6, 6.07) is 18.7. The van der Waals surface area contributed by atoms with Crippen LogP contribution in [0, 0.1) is 27.7 Å². The van der Waals surface area contributed by atoms with E-state index in [0.29, 0.717) is 19.4 Å². The maximum atomic E-state index is 12.4. The van der Waals surface area contributed by atoms with Crippen molar-refractivity contribution in [1.82, 2.24) is 19.9 Å². The number of nitrogens with zero attached hydrogens (tertiary/aromatic N) is 3. The van der Waals surface area contributed by atoms with Gasteiger partial charge in [-0.3, -0.25) is 4.79 Å². The number of hydrogen-bond donors (Lipinski definition) is 1. The van der Waals surface area contributed by atoms with Gasteiger partial charge >= 0.3 is 0 Å². The minimum atomic E-state index is 0.0678. The summed E-state index contributed by atoms with van der Waals surface area (Å²) in [6.45, 7) is 8.84. The zero-order valence-corrected chi connectivity index (χ0v) is 19.3. The Morgan fingerprint density at radius 3 is 2.47 bits per heavy atom. The van der Waals surface area contributed by atoms with Crippen molar-refractivity contribution in [1.29, 1.82) is 0 Å². The summed E-state index contributed by atoms with van der Waals surface area (Å²) >= 11 is 0. The van der Waals surface area contributed by atoms with Crippen molar-refractivity contribution in [3.8, 4) is 11.1 Å². The normalized spacial score (nSPS) is 11.1. The number of fused-ring (bicyclic) bond motifs is 1. The fourth-order valence-corrected chi connectivity index (χ4v) is 4.31. The van der Waals surface area contributed by atoms with Gasteiger partial charge < -0.3 is 5.32 Å². The highest BCUT2D eigenvalue weighted by Crippen LogP contribution is 2.29. The molecule has 0 aliphatic rings. The van der Waals surface area contributed by atoms with Gasteiger partial charge in [-0.15, -0.1) is 0 Å². The minimum Gasteiger partial charge on any atom is -0.356 e. The average molecular weight is 427 g/mol. The monoisotopic (exact) mass is 426 g/mol. The number of carbonyl (C=O) groups excluding carboxylic acids is 1. The minimum absolute atomic E-state index is 0.0678. The van der Waals surface area contributed by atoms with Crippen LogP contribution in [0.1, 0.15) is 40.2 Å². The SMILES string of the molecule is Cc1cccc(CCNC(=O)CCc2c(C)nc3c(-c4ccccc4)c(C)nn3c2C)c1. The lowest BCUT2D eigenvalue weighted by Crippen LogP contribution is -2.26. The lowest BCUT2D eigenvalue weighted by atomic mass is 10.0. The second kappa shape index (κ2) is 9.35. The maximum absolute atomic E-state index is 12.4. The van der Waals surface area contributed by atoms with Crippen LogP contribution in [0.3, 0.4) is 0 Å². The number of carbonyl (C=O) groups is 1. The number of rotatable bonds is 7. The van der Waals surface area contributed by atoms with Crippen LogP contribution in [0.2, 0.25) is 0 Å². The summed E-state index contributed by atoms with van der Waals surface area (Å²) < 4.78 is 1.93. The van der Waals surface area contributed by atoms with Gasteiger partial charge in [-0.2, -0.15) is 5.10 Å². The molecular weight excluding hydrogens is 396 g/mol. The molecule has 4 rings (SSSR count). The van der Waals surface area contributed by atoms with Crippen LogP contribution in [0.25, 0.3) is 16.8 Å². The van der Waals surface area contributed by atoms with Gasteiger partial charge in [-0.25, -0.2) is 9.50 Å². The number of nitrogens with one attached hydrogen (secondary N) is 1. The second-order valence-corrected chi connectivity index (χ2v) is 8.41. The molecule has 0 unspecified atom stereocenters. The van der Waals surface area contributed by atoms with Crippen molar-refractivity contribution >= 4 is 11.6 Å². The maximum Gasteiger partial charge on any atom is 0.220 e. The van der Waals surface area contributed by atoms with E-state index >= 15 is 0 Å². The molecular formula is C27H30N4O. The summed E-state index contributed by atoms with van der Waals surface area (Å²) in [5.41, 5.74) is 9.59. The molecule has 2 aromatic heterocycles. The van der Waals surface area contributed by atoms with E-state index in [1.807, 2.05) is 36.6 Å². The van der Waals surface area contributed by atoms with E-state index in [2.05, 4.69) is 55.6 Å². The smallest absolute Gasteiger partial charge is 0.220 e. The number of benzene rings is 2. The van der Waals surface area contributed by atoms with Crippen molar-refractivity contribution in [2.45, 2.75) is 47.0 Å². The average Bonchev–Trinajstić information content (AvgIpc) is 3.10. The van der Waals surface area contributed by atoms with E-state index in [-0.39, 0.29) is 5.91 Å². The van der Waals surface area contributed by atoms with Crippen molar-refractivity contribution < 1.29 is 4.79 Å². The molecule has 164 valence electrons. The van der Waals surface area contributed by atoms with Gasteiger partial charge in [0.05, 0.1) is 5.69 Å². The van der Waals surface area contributed by atoms with E-state index in [1.54, 1.807) is 0 Å². The second-order valence-electron chi connectivity index (χ2n) is 8.41. The Balaban J connectivity index is 1.46. The highest BCUT2D eigenvalue weighted by molar-refractivity contribution is 5.80. The zero-order chi connectivity index (χ0) is 22.7. The molecule has 0 radical (unpaired) electrons. The number of aromatic nitrogens is 3. The molecule has 32 heavy (non-hydrogen) atoms. The zero-order valence-electron chi connectivity index (χ0n) is 19.3. The molecule has 1 amide bonds. The molecule has 2 aromatic carbocycles. The Kier molecular flexibility index (Phi) is 6.35. The van der Waals surface area contributed by atoms with Gasteiger partial charge in [0.2, 0.25) is 5.91 Å². The predicted octanol–water partition coefficient (Wildman–Crippen LogP) is 4.92. The Labute approximate surface area is 189 Å². The third kappa shape index (κ3) is 4.57. The first-order valence-corrected chi connectivity index (χ1v) is 11.2. The van der Waals surface area contributed by atoms with Crippen LogP contribution in [0.15, 0.2) is 54.6 Å². The molecule has 2 heterocycles. The predicted molar refractivity (Wildman–Crippen MR) is 129 cm³/mol. The van der Waals surface area contributed by atoms with Crippen molar-refractivity contribution in [3.63, 3.8) is 0 Å². The Bertz CT molecular complexity index is 1260. The van der Waals surface area contributed by atoms with Gasteiger partial charge in [0, 0.05) is 29.9 Å². The molecule has 0 saturated carbocycles. The Morgan fingerprint density at radius 2 is 1.72 bits per heavy atom. The highest BCUT2D eigenvalue weighted by Gasteiger charge is 2.18. The number of hydrogen-bond acceptors (Lipinski definition) is 3. The van der Waals surface area contributed by atoms with Crippen LogP contribution >= 0.6 is 0 Å². The van der Waals surface area contributed by atoms with Gasteiger partial charge in [-0.1, -0.05) is 60.2 Å². The molecule has 0 bridgehead atoms. The summed E-state index contributed by atoms with van der Waals surface area (Å²) in [5.74, 6) is 0.0678. The third-order valence-electron chi connectivity index (χ3n) is 5.98. The van der Waals surface area contributed by atoms with Gasteiger partial charge in [0.15, 0.2) is 5.65 Å². The first-order chi connectivity index (χ1) is 15.4. The van der Waals surface area contributed by atoms with E-state index < -0.39 is 0 Å². The van der Waals surface area contributed by atoms with Gasteiger partial charge in [-0.05, 0) is 57.2 Å². The van der Waals surface area contributed by atoms with Gasteiger partial charge in [0.25, 0.3) is 0 Å². The highest BCUT2D eigenvalue weighted by atomic mass is 16.1. The largest absolute Gasteiger partial charge is 0.356 e. The van der Waals surface area contributed by atoms with E-state index in [0.717, 1.165) is 45.8 Å². The molecule has 5 nitrogen and oxygen atoms in total. The molecule has 0 fully saturated rings. The fraction of sp³-hybridized carbons (Fsp3) is 0.296. The molecule has 0 aliphatic heterocycles. The van der Waals surface area contributed by atoms with Crippen molar-refractivity contribution in [2.24, 2.45) is 0 Å². The fourth-order valence-electron chi connectivity index (χ4n) is 4.31. The standard InChI is InChI=1S/C27H30N4O/c1-18-9-8-10-22(17-18)15-16-28-25(32)14-13-24-19(2)29-27-26(23-11-6-5-7-12-23)20(3)30-31(27)21(24)4/h5-12,17H,13-16H2,1-4H3,(H,28,32). The topological polar surface area (TPSA) is 59.3 Å². The van der Waals surface area contributed by atoms with Crippen LogP contribution in [-0.2, 0) is 17.6 Å². The summed E-state index contributed by atoms with van der Waals surface area (Å²) in [6.07, 6.45) is 1.93. The molecule has 0 saturated heterocycles. The number of amides is 1. The third-order valence-corrected chi connectivity index (χ3v) is 5.98. The Morgan fingerprint density at radius 1 is 0.938 bits per heavy atom. The molecule has 4 aromatic rings. The Hall–Kier alpha value is -3.47. The van der Waals surface area contributed by atoms with Crippen molar-refractivity contribution in [2.75, 3.05) is 6.54 Å². The number of aryl methyl sites for hydroxylation is 4. The molecule has 1 N–H and O–H groups in total. The first kappa shape index (κ1) is 21.8. The lowest BCUT2D eigenvalue weighted by molar-refractivity contribution is -0.121. The van der Waals surface area contributed by atoms with E-state index in [4.69, 9.17) is 10.1 Å². The lowest BCUT2D eigenvalue weighted by Gasteiger charge is -2.12. The first-order valence-electron chi connectivity index (χ1n) is 11.2. The molecule has 5 heteroatoms. The van der Waals surface area contributed by atoms with E-state index in [9.17, 15) is 4.79 Å². The molecule has 0 aliphatic carbocycles. The van der Waals surface area contributed by atoms with E-state index in [1.165, 1.54) is 11.1 Å².